The number of amides is 1. The van der Waals surface area contributed by atoms with Gasteiger partial charge in [0.1, 0.15) is 5.75 Å². The number of rotatable bonds is 5. The number of nitriles is 1. The second-order valence-electron chi connectivity index (χ2n) is 6.26. The van der Waals surface area contributed by atoms with Gasteiger partial charge in [-0.05, 0) is 47.5 Å². The van der Waals surface area contributed by atoms with Crippen LogP contribution in [0.1, 0.15) is 28.4 Å². The zero-order valence-electron chi connectivity index (χ0n) is 15.8. The fraction of sp³-hybridized carbons (Fsp3) is 0.0417. The number of carbonyl (C=O) groups excluding carboxylic acids is 2. The third-order valence-electron chi connectivity index (χ3n) is 4.00. The maximum atomic E-state index is 12.5. The number of ether oxygens (including phenoxy) is 1. The first kappa shape index (κ1) is 19.6. The zero-order valence-corrected chi connectivity index (χ0v) is 15.8. The molecular formula is C24H18N2O3. The quantitative estimate of drug-likeness (QED) is 0.294. The van der Waals surface area contributed by atoms with E-state index in [1.165, 1.54) is 6.92 Å². The van der Waals surface area contributed by atoms with Crippen molar-refractivity contribution in [2.45, 2.75) is 6.92 Å². The van der Waals surface area contributed by atoms with Gasteiger partial charge < -0.3 is 10.1 Å². The van der Waals surface area contributed by atoms with Gasteiger partial charge in [-0.1, -0.05) is 48.5 Å². The summed E-state index contributed by atoms with van der Waals surface area (Å²) in [5, 5.41) is 12.1. The van der Waals surface area contributed by atoms with Crippen LogP contribution in [0.15, 0.2) is 78.9 Å². The van der Waals surface area contributed by atoms with Crippen molar-refractivity contribution < 1.29 is 14.3 Å². The van der Waals surface area contributed by atoms with Gasteiger partial charge in [-0.3, -0.25) is 4.79 Å². The van der Waals surface area contributed by atoms with Crippen LogP contribution in [0, 0.1) is 11.3 Å². The predicted molar refractivity (Wildman–Crippen MR) is 112 cm³/mol. The fourth-order valence-electron chi connectivity index (χ4n) is 2.73. The first-order valence-corrected chi connectivity index (χ1v) is 8.92. The fourth-order valence-corrected chi connectivity index (χ4v) is 2.73. The predicted octanol–water partition coefficient (Wildman–Crippen LogP) is 4.93. The van der Waals surface area contributed by atoms with E-state index in [9.17, 15) is 14.9 Å². The Kier molecular flexibility index (Phi) is 6.18. The molecule has 1 N–H and O–H groups in total. The van der Waals surface area contributed by atoms with E-state index in [1.807, 2.05) is 36.4 Å². The third kappa shape index (κ3) is 5.41. The number of esters is 1. The summed E-state index contributed by atoms with van der Waals surface area (Å²) in [6.07, 6.45) is 1.74. The van der Waals surface area contributed by atoms with Crippen LogP contribution in [-0.2, 0) is 4.79 Å². The summed E-state index contributed by atoms with van der Waals surface area (Å²) in [5.41, 5.74) is 2.90. The van der Waals surface area contributed by atoms with Crippen LogP contribution < -0.4 is 10.1 Å². The lowest BCUT2D eigenvalue weighted by atomic mass is 10.0. The minimum atomic E-state index is -0.540. The van der Waals surface area contributed by atoms with Crippen molar-refractivity contribution in [1.82, 2.24) is 0 Å². The maximum absolute atomic E-state index is 12.5. The van der Waals surface area contributed by atoms with Gasteiger partial charge in [-0.2, -0.15) is 5.26 Å². The van der Waals surface area contributed by atoms with Gasteiger partial charge in [0.05, 0.1) is 17.2 Å². The van der Waals surface area contributed by atoms with Crippen molar-refractivity contribution in [2.75, 3.05) is 5.32 Å². The molecule has 0 saturated carbocycles. The highest BCUT2D eigenvalue weighted by Crippen LogP contribution is 2.21. The molecule has 0 atom stereocenters. The van der Waals surface area contributed by atoms with E-state index in [4.69, 9.17) is 4.74 Å². The minimum absolute atomic E-state index is 0.221. The van der Waals surface area contributed by atoms with Crippen LogP contribution in [-0.4, -0.2) is 11.9 Å². The number of nitrogens with one attached hydrogen (secondary N) is 1. The first-order valence-electron chi connectivity index (χ1n) is 8.92. The molecule has 0 saturated heterocycles. The van der Waals surface area contributed by atoms with E-state index in [0.29, 0.717) is 22.6 Å². The smallest absolute Gasteiger partial charge is 0.343 e. The Morgan fingerprint density at radius 2 is 1.66 bits per heavy atom. The molecule has 0 unspecified atom stereocenters. The Hall–Kier alpha value is -4.17. The van der Waals surface area contributed by atoms with Gasteiger partial charge in [0.2, 0.25) is 5.91 Å². The lowest BCUT2D eigenvalue weighted by molar-refractivity contribution is -0.114. The molecule has 5 nitrogen and oxygen atoms in total. The van der Waals surface area contributed by atoms with Crippen molar-refractivity contribution in [3.63, 3.8) is 0 Å². The molecular weight excluding hydrogens is 364 g/mol. The number of anilines is 1. The van der Waals surface area contributed by atoms with Crippen LogP contribution in [0.25, 0.3) is 11.6 Å². The summed E-state index contributed by atoms with van der Waals surface area (Å²) in [7, 11) is 0. The maximum Gasteiger partial charge on any atom is 0.343 e. The molecule has 142 valence electrons. The molecule has 0 radical (unpaired) electrons. The molecule has 5 heteroatoms. The average Bonchev–Trinajstić information content (AvgIpc) is 2.72. The lowest BCUT2D eigenvalue weighted by Gasteiger charge is -2.07. The Bertz CT molecular complexity index is 1110. The van der Waals surface area contributed by atoms with E-state index in [2.05, 4.69) is 11.4 Å². The molecule has 0 fully saturated rings. The van der Waals surface area contributed by atoms with Crippen molar-refractivity contribution >= 4 is 29.2 Å². The molecule has 3 aromatic carbocycles. The van der Waals surface area contributed by atoms with E-state index in [1.54, 1.807) is 48.5 Å². The molecule has 0 aliphatic carbocycles. The second-order valence-corrected chi connectivity index (χ2v) is 6.26. The normalized spacial score (nSPS) is 10.7. The van der Waals surface area contributed by atoms with E-state index >= 15 is 0 Å². The minimum Gasteiger partial charge on any atom is -0.423 e. The van der Waals surface area contributed by atoms with Gasteiger partial charge in [-0.25, -0.2) is 4.79 Å². The molecule has 0 aliphatic heterocycles. The topological polar surface area (TPSA) is 79.2 Å². The van der Waals surface area contributed by atoms with E-state index in [-0.39, 0.29) is 5.91 Å². The first-order chi connectivity index (χ1) is 14.0. The number of allylic oxidation sites excluding steroid dienone is 1. The van der Waals surface area contributed by atoms with Gasteiger partial charge in [0, 0.05) is 12.6 Å². The number of hydrogen-bond donors (Lipinski definition) is 1. The third-order valence-corrected chi connectivity index (χ3v) is 4.00. The van der Waals surface area contributed by atoms with E-state index in [0.717, 1.165) is 11.1 Å². The van der Waals surface area contributed by atoms with Crippen LogP contribution in [0.2, 0.25) is 0 Å². The van der Waals surface area contributed by atoms with Crippen LogP contribution in [0.3, 0.4) is 0 Å². The van der Waals surface area contributed by atoms with Crippen molar-refractivity contribution in [1.29, 1.82) is 5.26 Å². The summed E-state index contributed by atoms with van der Waals surface area (Å²) in [6, 6.07) is 25.0. The molecule has 3 rings (SSSR count). The molecule has 0 spiro atoms. The summed E-state index contributed by atoms with van der Waals surface area (Å²) in [5.74, 6) is -0.400. The summed E-state index contributed by atoms with van der Waals surface area (Å²) in [6.45, 7) is 1.40. The lowest BCUT2D eigenvalue weighted by Crippen LogP contribution is -2.10. The summed E-state index contributed by atoms with van der Waals surface area (Å²) >= 11 is 0. The van der Waals surface area contributed by atoms with Crippen molar-refractivity contribution in [3.8, 4) is 11.8 Å². The number of benzene rings is 3. The Balaban J connectivity index is 1.80. The molecule has 3 aromatic rings. The van der Waals surface area contributed by atoms with Gasteiger partial charge in [-0.15, -0.1) is 0 Å². The Morgan fingerprint density at radius 1 is 0.931 bits per heavy atom. The molecule has 29 heavy (non-hydrogen) atoms. The standard InChI is InChI=1S/C24H18N2O3/c1-17(27)26-22-11-6-10-20(15-22)24(28)29-23-12-5-7-18(14-23)13-21(16-25)19-8-3-2-4-9-19/h2-15H,1H3,(H,26,27)/b21-13-. The van der Waals surface area contributed by atoms with Gasteiger partial charge in [0.15, 0.2) is 0 Å². The number of carbonyl (C=O) groups is 2. The molecule has 0 heterocycles. The van der Waals surface area contributed by atoms with E-state index < -0.39 is 5.97 Å². The summed E-state index contributed by atoms with van der Waals surface area (Å²) in [4.78, 5) is 23.6. The van der Waals surface area contributed by atoms with Crippen LogP contribution in [0.5, 0.6) is 5.75 Å². The number of hydrogen-bond acceptors (Lipinski definition) is 4. The zero-order chi connectivity index (χ0) is 20.6. The molecule has 0 aromatic heterocycles. The second kappa shape index (κ2) is 9.16. The van der Waals surface area contributed by atoms with Crippen molar-refractivity contribution in [2.24, 2.45) is 0 Å². The van der Waals surface area contributed by atoms with Gasteiger partial charge >= 0.3 is 5.97 Å². The largest absolute Gasteiger partial charge is 0.423 e. The number of nitrogens with zero attached hydrogens (tertiary/aromatic N) is 1. The van der Waals surface area contributed by atoms with Crippen LogP contribution >= 0.6 is 0 Å². The average molecular weight is 382 g/mol. The Labute approximate surface area is 168 Å². The molecule has 0 aliphatic rings. The van der Waals surface area contributed by atoms with Crippen LogP contribution in [0.4, 0.5) is 5.69 Å². The highest BCUT2D eigenvalue weighted by atomic mass is 16.5. The van der Waals surface area contributed by atoms with Gasteiger partial charge in [0.25, 0.3) is 0 Å². The highest BCUT2D eigenvalue weighted by Gasteiger charge is 2.10. The SMILES string of the molecule is CC(=O)Nc1cccc(C(=O)Oc2cccc(/C=C(/C#N)c3ccccc3)c2)c1. The highest BCUT2D eigenvalue weighted by molar-refractivity contribution is 5.95. The monoisotopic (exact) mass is 382 g/mol. The summed E-state index contributed by atoms with van der Waals surface area (Å²) < 4.78 is 5.46. The Morgan fingerprint density at radius 3 is 2.38 bits per heavy atom. The molecule has 0 bridgehead atoms. The van der Waals surface area contributed by atoms with Crippen molar-refractivity contribution in [3.05, 3.63) is 95.6 Å². The molecule has 1 amide bonds.